The van der Waals surface area contributed by atoms with Crippen molar-refractivity contribution in [3.8, 4) is 0 Å². The highest BCUT2D eigenvalue weighted by molar-refractivity contribution is 9.11. The summed E-state index contributed by atoms with van der Waals surface area (Å²) >= 11 is 9.28. The third-order valence-electron chi connectivity index (χ3n) is 1.79. The molecule has 0 amide bonds. The number of nitrogens with one attached hydrogen (secondary N) is 1. The van der Waals surface area contributed by atoms with Crippen LogP contribution in [0.25, 0.3) is 0 Å². The number of rotatable bonds is 1. The maximum absolute atomic E-state index is 6.00. The third-order valence-corrected chi connectivity index (χ3v) is 2.56. The molecule has 1 N–H and O–H groups in total. The summed E-state index contributed by atoms with van der Waals surface area (Å²) in [7, 11) is 0. The van der Waals surface area contributed by atoms with E-state index >= 15 is 0 Å². The van der Waals surface area contributed by atoms with Crippen LogP contribution in [0.5, 0.6) is 0 Å². The standard InChI is InChI=1S/C9H7BrClNO/c10-9-5-8(13-12-9)6-3-1-2-4-7(6)11/h1-5,8,12H. The van der Waals surface area contributed by atoms with E-state index in [-0.39, 0.29) is 6.10 Å². The van der Waals surface area contributed by atoms with Crippen molar-refractivity contribution in [2.75, 3.05) is 0 Å². The number of hydroxylamine groups is 1. The SMILES string of the molecule is Clc1ccccc1C1C=C(Br)NO1. The highest BCUT2D eigenvalue weighted by Gasteiger charge is 2.18. The highest BCUT2D eigenvalue weighted by atomic mass is 79.9. The predicted octanol–water partition coefficient (Wildman–Crippen LogP) is 3.15. The summed E-state index contributed by atoms with van der Waals surface area (Å²) in [4.78, 5) is 5.26. The van der Waals surface area contributed by atoms with E-state index in [1.807, 2.05) is 30.3 Å². The molecule has 0 spiro atoms. The van der Waals surface area contributed by atoms with Crippen molar-refractivity contribution in [1.29, 1.82) is 0 Å². The molecule has 1 atom stereocenters. The Morgan fingerprint density at radius 2 is 2.15 bits per heavy atom. The van der Waals surface area contributed by atoms with Gasteiger partial charge in [0, 0.05) is 10.6 Å². The topological polar surface area (TPSA) is 21.3 Å². The van der Waals surface area contributed by atoms with E-state index in [0.29, 0.717) is 5.02 Å². The Kier molecular flexibility index (Phi) is 2.58. The number of hydrogen-bond acceptors (Lipinski definition) is 2. The van der Waals surface area contributed by atoms with Crippen LogP contribution in [0.1, 0.15) is 11.7 Å². The van der Waals surface area contributed by atoms with Crippen LogP contribution in [0.4, 0.5) is 0 Å². The lowest BCUT2D eigenvalue weighted by molar-refractivity contribution is 0.0458. The van der Waals surface area contributed by atoms with Crippen LogP contribution in [-0.2, 0) is 4.84 Å². The minimum atomic E-state index is -0.108. The summed E-state index contributed by atoms with van der Waals surface area (Å²) in [5.41, 5.74) is 3.68. The number of halogens is 2. The molecular formula is C9H7BrClNO. The van der Waals surface area contributed by atoms with Gasteiger partial charge in [-0.1, -0.05) is 29.8 Å². The normalized spacial score (nSPS) is 21.1. The van der Waals surface area contributed by atoms with Crippen molar-refractivity contribution >= 4 is 27.5 Å². The molecule has 68 valence electrons. The number of hydrogen-bond donors (Lipinski definition) is 1. The molecule has 1 aliphatic rings. The lowest BCUT2D eigenvalue weighted by Gasteiger charge is -2.08. The molecule has 0 aliphatic carbocycles. The second-order valence-corrected chi connectivity index (χ2v) is 3.94. The van der Waals surface area contributed by atoms with E-state index < -0.39 is 0 Å². The highest BCUT2D eigenvalue weighted by Crippen LogP contribution is 2.30. The average molecular weight is 261 g/mol. The van der Waals surface area contributed by atoms with Crippen LogP contribution in [-0.4, -0.2) is 0 Å². The van der Waals surface area contributed by atoms with Gasteiger partial charge in [-0.2, -0.15) is 0 Å². The largest absolute Gasteiger partial charge is 0.263 e. The lowest BCUT2D eigenvalue weighted by atomic mass is 10.1. The van der Waals surface area contributed by atoms with Crippen molar-refractivity contribution < 1.29 is 4.84 Å². The first-order valence-electron chi connectivity index (χ1n) is 3.81. The molecule has 2 rings (SSSR count). The fourth-order valence-electron chi connectivity index (χ4n) is 1.18. The molecule has 4 heteroatoms. The summed E-state index contributed by atoms with van der Waals surface area (Å²) in [6, 6.07) is 7.62. The second kappa shape index (κ2) is 3.70. The van der Waals surface area contributed by atoms with Crippen LogP contribution in [0.15, 0.2) is 34.9 Å². The fraction of sp³-hybridized carbons (Fsp3) is 0.111. The van der Waals surface area contributed by atoms with Gasteiger partial charge in [0.15, 0.2) is 0 Å². The van der Waals surface area contributed by atoms with Crippen molar-refractivity contribution in [2.45, 2.75) is 6.10 Å². The van der Waals surface area contributed by atoms with Gasteiger partial charge in [0.05, 0.1) is 0 Å². The smallest absolute Gasteiger partial charge is 0.133 e. The van der Waals surface area contributed by atoms with Gasteiger partial charge < -0.3 is 0 Å². The van der Waals surface area contributed by atoms with E-state index in [1.54, 1.807) is 0 Å². The zero-order chi connectivity index (χ0) is 9.26. The van der Waals surface area contributed by atoms with E-state index in [4.69, 9.17) is 16.4 Å². The van der Waals surface area contributed by atoms with Crippen LogP contribution in [0, 0.1) is 0 Å². The van der Waals surface area contributed by atoms with E-state index in [1.165, 1.54) is 0 Å². The Labute approximate surface area is 89.6 Å². The minimum Gasteiger partial charge on any atom is -0.263 e. The minimum absolute atomic E-state index is 0.108. The summed E-state index contributed by atoms with van der Waals surface area (Å²) in [6.07, 6.45) is 1.81. The van der Waals surface area contributed by atoms with Crippen LogP contribution in [0.3, 0.4) is 0 Å². The Morgan fingerprint density at radius 3 is 2.77 bits per heavy atom. The zero-order valence-electron chi connectivity index (χ0n) is 6.63. The molecule has 1 heterocycles. The van der Waals surface area contributed by atoms with Crippen LogP contribution < -0.4 is 5.48 Å². The second-order valence-electron chi connectivity index (χ2n) is 2.68. The predicted molar refractivity (Wildman–Crippen MR) is 55.4 cm³/mol. The molecule has 0 saturated heterocycles. The molecule has 1 aromatic carbocycles. The summed E-state index contributed by atoms with van der Waals surface area (Å²) in [5.74, 6) is 0. The van der Waals surface area contributed by atoms with Gasteiger partial charge in [0.2, 0.25) is 0 Å². The first-order chi connectivity index (χ1) is 6.27. The molecule has 13 heavy (non-hydrogen) atoms. The van der Waals surface area contributed by atoms with Gasteiger partial charge in [-0.25, -0.2) is 0 Å². The van der Waals surface area contributed by atoms with E-state index in [2.05, 4.69) is 21.4 Å². The third kappa shape index (κ3) is 1.88. The zero-order valence-corrected chi connectivity index (χ0v) is 8.97. The molecule has 1 unspecified atom stereocenters. The molecule has 2 nitrogen and oxygen atoms in total. The maximum atomic E-state index is 6.00. The number of benzene rings is 1. The van der Waals surface area contributed by atoms with Crippen LogP contribution >= 0.6 is 27.5 Å². The molecule has 0 saturated carbocycles. The van der Waals surface area contributed by atoms with E-state index in [0.717, 1.165) is 10.2 Å². The quantitative estimate of drug-likeness (QED) is 0.783. The maximum Gasteiger partial charge on any atom is 0.133 e. The first-order valence-corrected chi connectivity index (χ1v) is 4.98. The van der Waals surface area contributed by atoms with Gasteiger partial charge in [-0.15, -0.1) is 0 Å². The monoisotopic (exact) mass is 259 g/mol. The fourth-order valence-corrected chi connectivity index (χ4v) is 1.76. The molecule has 0 aromatic heterocycles. The average Bonchev–Trinajstić information content (AvgIpc) is 2.53. The first kappa shape index (κ1) is 9.06. The van der Waals surface area contributed by atoms with Gasteiger partial charge in [-0.3, -0.25) is 10.3 Å². The Hall–Kier alpha value is -0.510. The summed E-state index contributed by atoms with van der Waals surface area (Å²) < 4.78 is 0.831. The molecule has 0 bridgehead atoms. The molecule has 0 radical (unpaired) electrons. The van der Waals surface area contributed by atoms with Gasteiger partial charge in [-0.05, 0) is 28.1 Å². The molecule has 1 aromatic rings. The molecule has 0 fully saturated rings. The molecule has 1 aliphatic heterocycles. The van der Waals surface area contributed by atoms with Gasteiger partial charge >= 0.3 is 0 Å². The Bertz CT molecular complexity index is 353. The van der Waals surface area contributed by atoms with Crippen molar-refractivity contribution in [3.63, 3.8) is 0 Å². The van der Waals surface area contributed by atoms with Crippen molar-refractivity contribution in [1.82, 2.24) is 5.48 Å². The summed E-state index contributed by atoms with van der Waals surface area (Å²) in [5, 5.41) is 0.716. The van der Waals surface area contributed by atoms with Gasteiger partial charge in [0.25, 0.3) is 0 Å². The van der Waals surface area contributed by atoms with Crippen LogP contribution in [0.2, 0.25) is 5.02 Å². The van der Waals surface area contributed by atoms with E-state index in [9.17, 15) is 0 Å². The van der Waals surface area contributed by atoms with Gasteiger partial charge in [0.1, 0.15) is 10.7 Å². The molecular weight excluding hydrogens is 253 g/mol. The Morgan fingerprint density at radius 1 is 1.38 bits per heavy atom. The summed E-state index contributed by atoms with van der Waals surface area (Å²) in [6.45, 7) is 0. The van der Waals surface area contributed by atoms with Crippen molar-refractivity contribution in [2.24, 2.45) is 0 Å². The Balaban J connectivity index is 2.31. The lowest BCUT2D eigenvalue weighted by Crippen LogP contribution is -2.05. The van der Waals surface area contributed by atoms with Crippen molar-refractivity contribution in [3.05, 3.63) is 45.5 Å².